The van der Waals surface area contributed by atoms with Gasteiger partial charge in [-0.1, -0.05) is 13.8 Å². The Hall–Kier alpha value is -2.02. The average molecular weight is 297 g/mol. The molecule has 2 amide bonds. The molecule has 118 valence electrons. The van der Waals surface area contributed by atoms with E-state index in [4.69, 9.17) is 9.52 Å². The highest BCUT2D eigenvalue weighted by Crippen LogP contribution is 2.14. The minimum absolute atomic E-state index is 0.119. The molecule has 0 saturated carbocycles. The Kier molecular flexibility index (Phi) is 6.74. The number of carbonyl (C=O) groups excluding carboxylic acids is 1. The van der Waals surface area contributed by atoms with E-state index >= 15 is 0 Å². The molecule has 0 fully saturated rings. The first-order chi connectivity index (χ1) is 9.97. The summed E-state index contributed by atoms with van der Waals surface area (Å²) >= 11 is 0. The van der Waals surface area contributed by atoms with Crippen molar-refractivity contribution >= 4 is 12.0 Å². The number of carboxylic acids is 1. The van der Waals surface area contributed by atoms with E-state index in [1.54, 1.807) is 6.92 Å². The third-order valence-electron chi connectivity index (χ3n) is 3.23. The van der Waals surface area contributed by atoms with Crippen LogP contribution in [0.1, 0.15) is 35.7 Å². The molecule has 3 N–H and O–H groups in total. The predicted octanol–water partition coefficient (Wildman–Crippen LogP) is 1.43. The normalized spacial score (nSPS) is 10.7. The zero-order chi connectivity index (χ0) is 15.8. The summed E-state index contributed by atoms with van der Waals surface area (Å²) < 4.78 is 5.27. The number of aromatic carboxylic acids is 1. The molecule has 1 heterocycles. The van der Waals surface area contributed by atoms with Gasteiger partial charge in [0.15, 0.2) is 0 Å². The fourth-order valence-corrected chi connectivity index (χ4v) is 1.94. The molecule has 1 rings (SSSR count). The fourth-order valence-electron chi connectivity index (χ4n) is 1.94. The Morgan fingerprint density at radius 3 is 2.48 bits per heavy atom. The SMILES string of the molecule is CCN(CC)CCNC(=O)NCc1cc(C(=O)O)c(C)o1. The molecular weight excluding hydrogens is 274 g/mol. The molecule has 21 heavy (non-hydrogen) atoms. The van der Waals surface area contributed by atoms with Crippen molar-refractivity contribution in [2.45, 2.75) is 27.3 Å². The number of likely N-dealkylation sites (N-methyl/N-ethyl adjacent to an activating group) is 1. The number of urea groups is 1. The number of aryl methyl sites for hydroxylation is 1. The molecular formula is C14H23N3O4. The van der Waals surface area contributed by atoms with Crippen LogP contribution in [0, 0.1) is 6.92 Å². The van der Waals surface area contributed by atoms with Crippen molar-refractivity contribution in [2.75, 3.05) is 26.2 Å². The largest absolute Gasteiger partial charge is 0.478 e. The van der Waals surface area contributed by atoms with Crippen LogP contribution in [0.4, 0.5) is 4.79 Å². The quantitative estimate of drug-likeness (QED) is 0.674. The summed E-state index contributed by atoms with van der Waals surface area (Å²) in [6, 6.07) is 1.13. The first-order valence-corrected chi connectivity index (χ1v) is 7.04. The predicted molar refractivity (Wildman–Crippen MR) is 78.4 cm³/mol. The van der Waals surface area contributed by atoms with Gasteiger partial charge in [-0.15, -0.1) is 0 Å². The number of amides is 2. The Balaban J connectivity index is 2.33. The van der Waals surface area contributed by atoms with Crippen LogP contribution < -0.4 is 10.6 Å². The van der Waals surface area contributed by atoms with Gasteiger partial charge in [0.25, 0.3) is 0 Å². The molecule has 0 atom stereocenters. The summed E-state index contributed by atoms with van der Waals surface area (Å²) in [4.78, 5) is 24.7. The third kappa shape index (κ3) is 5.47. The highest BCUT2D eigenvalue weighted by atomic mass is 16.4. The van der Waals surface area contributed by atoms with E-state index in [1.165, 1.54) is 6.07 Å². The Labute approximate surface area is 124 Å². The second-order valence-electron chi connectivity index (χ2n) is 4.62. The van der Waals surface area contributed by atoms with Gasteiger partial charge >= 0.3 is 12.0 Å². The van der Waals surface area contributed by atoms with E-state index in [9.17, 15) is 9.59 Å². The lowest BCUT2D eigenvalue weighted by Gasteiger charge is -2.17. The van der Waals surface area contributed by atoms with Crippen LogP contribution in [0.2, 0.25) is 0 Å². The number of carboxylic acid groups (broad SMARTS) is 1. The van der Waals surface area contributed by atoms with Crippen molar-refractivity contribution in [3.05, 3.63) is 23.2 Å². The summed E-state index contributed by atoms with van der Waals surface area (Å²) in [5.74, 6) is -0.281. The topological polar surface area (TPSA) is 94.8 Å². The van der Waals surface area contributed by atoms with Gasteiger partial charge in [-0.25, -0.2) is 9.59 Å². The molecule has 1 aromatic rings. The summed E-state index contributed by atoms with van der Waals surface area (Å²) in [5.41, 5.74) is 0.119. The van der Waals surface area contributed by atoms with E-state index in [2.05, 4.69) is 29.4 Å². The third-order valence-corrected chi connectivity index (χ3v) is 3.23. The molecule has 0 bridgehead atoms. The van der Waals surface area contributed by atoms with Crippen LogP contribution in [0.15, 0.2) is 10.5 Å². The van der Waals surface area contributed by atoms with Gasteiger partial charge in [0, 0.05) is 13.1 Å². The van der Waals surface area contributed by atoms with Crippen molar-refractivity contribution in [3.8, 4) is 0 Å². The van der Waals surface area contributed by atoms with Crippen molar-refractivity contribution in [2.24, 2.45) is 0 Å². The zero-order valence-electron chi connectivity index (χ0n) is 12.7. The van der Waals surface area contributed by atoms with Crippen molar-refractivity contribution in [1.29, 1.82) is 0 Å². The second kappa shape index (κ2) is 8.31. The molecule has 0 aliphatic heterocycles. The Bertz CT molecular complexity index is 481. The monoisotopic (exact) mass is 297 g/mol. The lowest BCUT2D eigenvalue weighted by atomic mass is 10.2. The highest BCUT2D eigenvalue weighted by Gasteiger charge is 2.13. The maximum atomic E-state index is 11.6. The van der Waals surface area contributed by atoms with Crippen LogP contribution in [0.5, 0.6) is 0 Å². The first kappa shape index (κ1) is 17.0. The molecule has 0 aliphatic rings. The van der Waals surface area contributed by atoms with Crippen LogP contribution in [-0.2, 0) is 6.54 Å². The van der Waals surface area contributed by atoms with Gasteiger partial charge in [-0.2, -0.15) is 0 Å². The number of hydrogen-bond acceptors (Lipinski definition) is 4. The minimum Gasteiger partial charge on any atom is -0.478 e. The number of carbonyl (C=O) groups is 2. The second-order valence-corrected chi connectivity index (χ2v) is 4.62. The highest BCUT2D eigenvalue weighted by molar-refractivity contribution is 5.88. The maximum absolute atomic E-state index is 11.6. The van der Waals surface area contributed by atoms with Gasteiger partial charge in [-0.05, 0) is 26.1 Å². The van der Waals surface area contributed by atoms with Crippen LogP contribution in [-0.4, -0.2) is 48.2 Å². The smallest absolute Gasteiger partial charge is 0.339 e. The number of furan rings is 1. The van der Waals surface area contributed by atoms with Crippen molar-refractivity contribution < 1.29 is 19.1 Å². The van der Waals surface area contributed by atoms with Gasteiger partial charge in [-0.3, -0.25) is 0 Å². The summed E-state index contributed by atoms with van der Waals surface area (Å²) in [6.45, 7) is 9.13. The van der Waals surface area contributed by atoms with E-state index < -0.39 is 5.97 Å². The standard InChI is InChI=1S/C14H23N3O4/c1-4-17(5-2)7-6-15-14(20)16-9-11-8-12(13(18)19)10(3)21-11/h8H,4-7,9H2,1-3H3,(H,18,19)(H2,15,16,20). The number of nitrogens with zero attached hydrogens (tertiary/aromatic N) is 1. The van der Waals surface area contributed by atoms with E-state index in [-0.39, 0.29) is 18.1 Å². The van der Waals surface area contributed by atoms with E-state index in [0.717, 1.165) is 19.6 Å². The van der Waals surface area contributed by atoms with Gasteiger partial charge in [0.1, 0.15) is 17.1 Å². The lowest BCUT2D eigenvalue weighted by Crippen LogP contribution is -2.40. The zero-order valence-corrected chi connectivity index (χ0v) is 12.7. The minimum atomic E-state index is -1.04. The maximum Gasteiger partial charge on any atom is 0.339 e. The molecule has 0 spiro atoms. The van der Waals surface area contributed by atoms with Gasteiger partial charge < -0.3 is 25.1 Å². The molecule has 0 aliphatic carbocycles. The number of rotatable bonds is 8. The average Bonchev–Trinajstić information content (AvgIpc) is 2.83. The van der Waals surface area contributed by atoms with Gasteiger partial charge in [0.05, 0.1) is 6.54 Å². The van der Waals surface area contributed by atoms with Crippen LogP contribution in [0.25, 0.3) is 0 Å². The molecule has 0 radical (unpaired) electrons. The van der Waals surface area contributed by atoms with Crippen molar-refractivity contribution in [1.82, 2.24) is 15.5 Å². The Morgan fingerprint density at radius 1 is 1.29 bits per heavy atom. The van der Waals surface area contributed by atoms with Crippen molar-refractivity contribution in [3.63, 3.8) is 0 Å². The summed E-state index contributed by atoms with van der Waals surface area (Å²) in [5, 5.41) is 14.3. The van der Waals surface area contributed by atoms with Gasteiger partial charge in [0.2, 0.25) is 0 Å². The first-order valence-electron chi connectivity index (χ1n) is 7.04. The molecule has 7 nitrogen and oxygen atoms in total. The molecule has 0 unspecified atom stereocenters. The lowest BCUT2D eigenvalue weighted by molar-refractivity contribution is 0.0695. The number of nitrogens with one attached hydrogen (secondary N) is 2. The summed E-state index contributed by atoms with van der Waals surface area (Å²) in [7, 11) is 0. The Morgan fingerprint density at radius 2 is 1.95 bits per heavy atom. The van der Waals surface area contributed by atoms with Crippen LogP contribution >= 0.6 is 0 Å². The molecule has 1 aromatic heterocycles. The molecule has 0 saturated heterocycles. The molecule has 0 aromatic carbocycles. The van der Waals surface area contributed by atoms with E-state index in [0.29, 0.717) is 18.1 Å². The summed E-state index contributed by atoms with van der Waals surface area (Å²) in [6.07, 6.45) is 0. The van der Waals surface area contributed by atoms with Crippen LogP contribution in [0.3, 0.4) is 0 Å². The fraction of sp³-hybridized carbons (Fsp3) is 0.571. The van der Waals surface area contributed by atoms with E-state index in [1.807, 2.05) is 0 Å². The molecule has 7 heteroatoms. The number of hydrogen-bond donors (Lipinski definition) is 3.